The van der Waals surface area contributed by atoms with E-state index in [0.717, 1.165) is 123 Å². The van der Waals surface area contributed by atoms with Gasteiger partial charge in [-0.1, -0.05) is 164 Å². The topological polar surface area (TPSA) is 167 Å². The largest absolute Gasteiger partial charge is 0.460 e. The summed E-state index contributed by atoms with van der Waals surface area (Å²) >= 11 is 0. The summed E-state index contributed by atoms with van der Waals surface area (Å²) in [4.78, 5) is 72.7. The summed E-state index contributed by atoms with van der Waals surface area (Å²) in [6.07, 6.45) is 31.2. The quantitative estimate of drug-likeness (QED) is 0.0489. The van der Waals surface area contributed by atoms with Crippen LogP contribution in [0, 0.1) is 120 Å². The van der Waals surface area contributed by atoms with Crippen molar-refractivity contribution in [3.05, 3.63) is 0 Å². The van der Waals surface area contributed by atoms with E-state index in [-0.39, 0.29) is 184 Å². The van der Waals surface area contributed by atoms with Gasteiger partial charge in [-0.2, -0.15) is 0 Å². The van der Waals surface area contributed by atoms with Crippen LogP contribution in [0.4, 0.5) is 0 Å². The molecule has 0 N–H and O–H groups in total. The summed E-state index contributed by atoms with van der Waals surface area (Å²) in [6, 6.07) is 0. The average molecular weight is 1670 g/mol. The molecule has 13 heteroatoms. The minimum atomic E-state index is -0.418. The molecule has 0 aromatic rings. The Morgan fingerprint density at radius 3 is 1.15 bits per heavy atom. The molecule has 12 aliphatic rings. The zero-order valence-electron chi connectivity index (χ0n) is 74.5. The van der Waals surface area contributed by atoms with Crippen LogP contribution in [-0.2, 0) is 61.9 Å². The van der Waals surface area contributed by atoms with Gasteiger partial charge in [0.2, 0.25) is 6.29 Å². The van der Waals surface area contributed by atoms with Crippen LogP contribution in [0.25, 0.3) is 0 Å². The van der Waals surface area contributed by atoms with Gasteiger partial charge in [0, 0.05) is 11.8 Å². The number of fused-ring (bicyclic) bond motifs is 10. The maximum Gasteiger partial charge on any atom is 0.313 e. The van der Waals surface area contributed by atoms with Crippen molar-refractivity contribution >= 4 is 35.8 Å². The minimum Gasteiger partial charge on any atom is -0.460 e. The Morgan fingerprint density at radius 1 is 0.376 bits per heavy atom. The molecule has 1 spiro atoms. The molecule has 0 saturated heterocycles. The fraction of sp³-hybridized carbons (Fsp3) is 0.942. The van der Waals surface area contributed by atoms with E-state index < -0.39 is 11.7 Å². The molecule has 13 unspecified atom stereocenters. The molecule has 0 radical (unpaired) electrons. The van der Waals surface area contributed by atoms with E-state index in [2.05, 4.69) is 69.2 Å². The van der Waals surface area contributed by atoms with Crippen LogP contribution < -0.4 is 0 Å². The van der Waals surface area contributed by atoms with Crippen LogP contribution >= 0.6 is 0 Å². The molecule has 10 bridgehead atoms. The van der Waals surface area contributed by atoms with Gasteiger partial charge in [-0.15, -0.1) is 0 Å². The van der Waals surface area contributed by atoms with Crippen LogP contribution in [0.2, 0.25) is 0 Å². The van der Waals surface area contributed by atoms with Gasteiger partial charge in [0.05, 0.1) is 38.1 Å². The van der Waals surface area contributed by atoms with E-state index >= 15 is 0 Å². The zero-order valence-corrected chi connectivity index (χ0v) is 74.5. The third-order valence-corrected chi connectivity index (χ3v) is 31.2. The summed E-state index contributed by atoms with van der Waals surface area (Å²) in [5.74, 6) is 10.0. The maximum atomic E-state index is 12.7. The molecule has 12 fully saturated rings. The molecule has 0 amide bonds. The van der Waals surface area contributed by atoms with E-state index in [1.807, 2.05) is 152 Å². The van der Waals surface area contributed by atoms with Crippen molar-refractivity contribution in [2.24, 2.45) is 120 Å². The van der Waals surface area contributed by atoms with Gasteiger partial charge in [-0.3, -0.25) is 28.8 Å². The molecule has 12 rings (SSSR count). The van der Waals surface area contributed by atoms with Crippen molar-refractivity contribution in [3.8, 4) is 0 Å². The molecule has 0 heterocycles. The fourth-order valence-corrected chi connectivity index (χ4v) is 21.1. The summed E-state index contributed by atoms with van der Waals surface area (Å²) in [7, 11) is 0. The Labute approximate surface area is 730 Å². The van der Waals surface area contributed by atoms with Gasteiger partial charge in [-0.25, -0.2) is 0 Å². The molecule has 12 aliphatic carbocycles. The highest BCUT2D eigenvalue weighted by Crippen LogP contribution is 2.74. The number of ether oxygens (including phenoxy) is 7. The number of esters is 6. The van der Waals surface area contributed by atoms with Crippen LogP contribution in [0.3, 0.4) is 0 Å². The average Bonchev–Trinajstić information content (AvgIpc) is 1.53. The smallest absolute Gasteiger partial charge is 0.313 e. The number of hydrogen-bond donors (Lipinski definition) is 0. The van der Waals surface area contributed by atoms with Gasteiger partial charge in [0.25, 0.3) is 0 Å². The predicted octanol–water partition coefficient (Wildman–Crippen LogP) is 31.2. The second-order valence-electron chi connectivity index (χ2n) is 43.7. The highest BCUT2D eigenvalue weighted by Gasteiger charge is 2.70. The molecule has 13 nitrogen and oxygen atoms in total. The molecular formula is C104H208O13. The molecule has 0 aromatic heterocycles. The van der Waals surface area contributed by atoms with Crippen molar-refractivity contribution in [1.29, 1.82) is 0 Å². The second-order valence-corrected chi connectivity index (χ2v) is 43.7. The van der Waals surface area contributed by atoms with Gasteiger partial charge in [-0.05, 0) is 388 Å². The lowest BCUT2D eigenvalue weighted by atomic mass is 9.54. The first-order valence-electron chi connectivity index (χ1n) is 43.4. The minimum absolute atomic E-state index is 0. The Hall–Kier alpha value is -3.22. The first kappa shape index (κ1) is 125. The van der Waals surface area contributed by atoms with Gasteiger partial charge >= 0.3 is 35.8 Å². The lowest BCUT2D eigenvalue weighted by Gasteiger charge is -2.56. The molecular weight excluding hydrogens is 1460 g/mol. The van der Waals surface area contributed by atoms with Gasteiger partial charge in [0.15, 0.2) is 0 Å². The third kappa shape index (κ3) is 28.9. The monoisotopic (exact) mass is 1670 g/mol. The number of hydrogen-bond acceptors (Lipinski definition) is 13. The van der Waals surface area contributed by atoms with Gasteiger partial charge < -0.3 is 33.2 Å². The summed E-state index contributed by atoms with van der Waals surface area (Å²) in [5.41, 5.74) is -2.74. The predicted molar refractivity (Wildman–Crippen MR) is 503 cm³/mol. The number of carbonyl (C=O) groups excluding carboxylic acids is 6. The molecule has 12 saturated carbocycles. The molecule has 0 aliphatic heterocycles. The van der Waals surface area contributed by atoms with Crippen molar-refractivity contribution in [1.82, 2.24) is 0 Å². The lowest BCUT2D eigenvalue weighted by molar-refractivity contribution is -0.248. The van der Waals surface area contributed by atoms with E-state index in [4.69, 9.17) is 33.2 Å². The van der Waals surface area contributed by atoms with E-state index in [0.29, 0.717) is 23.2 Å². The number of carbonyl (C=O) groups is 6. The second kappa shape index (κ2) is 46.1. The zero-order chi connectivity index (χ0) is 80.6. The Morgan fingerprint density at radius 2 is 0.752 bits per heavy atom. The SMILES string of the molecule is C.C.C.C.C.C.C.C.C.C.C.CCC(C)(C)C(=O)OC(C)(C)C.CCC(C)(C)C(=O)OC(C)(C)C(C)C.CCC(C)(C)C(=O)OC(C)OC12CC3CC(CC(C3)C1)C2.CCC(C)(C)C(=O)OC1(C)CC2CC1C1C3CCC(C3)C21.CCC(C)(C)C(=O)OC1(C)CCC23CC1C(C)(C)C2CCC3C.CCC(C)(C)C(=O)OC1(C)CCCCC1. The van der Waals surface area contributed by atoms with E-state index in [1.54, 1.807) is 0 Å². The first-order chi connectivity index (χ1) is 48.4. The molecule has 0 aromatic carbocycles. The third-order valence-electron chi connectivity index (χ3n) is 31.2. The maximum absolute atomic E-state index is 12.7. The van der Waals surface area contributed by atoms with E-state index in [9.17, 15) is 28.8 Å². The van der Waals surface area contributed by atoms with Crippen LogP contribution in [0.1, 0.15) is 477 Å². The van der Waals surface area contributed by atoms with Crippen molar-refractivity contribution in [2.75, 3.05) is 0 Å². The standard InChI is InChI=1S/C21H36O2.C19H30O2.C18H30O3.C13H24O2.C12H24O2.C10H20O2.11CH4/c1-8-18(3,4)17(22)23-20(7)11-12-21-13-16(20)19(5,6)15(21)10-9-14(21)2;1-5-18(2,3)17(20)21-19(4)10-13-9-14(19)16-12-7-6-11(8-12)15(13)16;1-5-17(3,4)16(19)20-12(2)21-18-9-13-6-14(10-18)8-15(7-13)11-18;1-5-12(2,3)11(14)15-13(4)9-7-6-8-10-13;1-8-11(4,5)10(13)14-12(6,7)9(2)3;1-7-10(5,6)8(11)12-9(2,3)4;;;;;;;;;;;/h14-16H,8-13H2,1-7H3;11-16H,5-10H2,1-4H3;12-15H,5-11H2,1-4H3;5-10H2,1-4H3;9H,8H2,1-7H3;7H2,1-6H3;11*1H4. The van der Waals surface area contributed by atoms with Crippen molar-refractivity contribution in [2.45, 2.75) is 517 Å². The summed E-state index contributed by atoms with van der Waals surface area (Å²) in [6.45, 7) is 65.2. The Kier molecular flexibility index (Phi) is 49.1. The molecule has 117 heavy (non-hydrogen) atoms. The summed E-state index contributed by atoms with van der Waals surface area (Å²) < 4.78 is 40.8. The fourth-order valence-electron chi connectivity index (χ4n) is 21.1. The Balaban J connectivity index is -0.000000315. The van der Waals surface area contributed by atoms with Gasteiger partial charge in [0.1, 0.15) is 28.0 Å². The highest BCUT2D eigenvalue weighted by atomic mass is 16.7. The van der Waals surface area contributed by atoms with Crippen molar-refractivity contribution < 1.29 is 61.9 Å². The van der Waals surface area contributed by atoms with Crippen LogP contribution in [-0.4, -0.2) is 75.7 Å². The molecule has 702 valence electrons. The normalized spacial score (nSPS) is 30.5. The van der Waals surface area contributed by atoms with E-state index in [1.165, 1.54) is 109 Å². The van der Waals surface area contributed by atoms with Crippen LogP contribution in [0.15, 0.2) is 0 Å². The molecule has 13 atom stereocenters. The van der Waals surface area contributed by atoms with Crippen LogP contribution in [0.5, 0.6) is 0 Å². The number of rotatable bonds is 20. The highest BCUT2D eigenvalue weighted by molar-refractivity contribution is 5.78. The first-order valence-corrected chi connectivity index (χ1v) is 43.4. The Bertz CT molecular complexity index is 2930. The lowest BCUT2D eigenvalue weighted by Crippen LogP contribution is -2.53. The summed E-state index contributed by atoms with van der Waals surface area (Å²) in [5, 5.41) is 0. The van der Waals surface area contributed by atoms with Crippen molar-refractivity contribution in [3.63, 3.8) is 0 Å².